The van der Waals surface area contributed by atoms with Gasteiger partial charge in [-0.05, 0) is 17.2 Å². The molecule has 0 radical (unpaired) electrons. The van der Waals surface area contributed by atoms with Gasteiger partial charge < -0.3 is 9.88 Å². The first kappa shape index (κ1) is 20.3. The van der Waals surface area contributed by atoms with Gasteiger partial charge in [-0.25, -0.2) is 9.67 Å². The number of benzene rings is 2. The largest absolute Gasteiger partial charge is 0.322 e. The van der Waals surface area contributed by atoms with Gasteiger partial charge in [-0.3, -0.25) is 4.79 Å². The molecule has 0 spiro atoms. The molecule has 0 atom stereocenters. The average Bonchev–Trinajstić information content (AvgIpc) is 3.35. The average molecular weight is 438 g/mol. The highest BCUT2D eigenvalue weighted by Gasteiger charge is 2.13. The second kappa shape index (κ2) is 9.19. The van der Waals surface area contributed by atoms with E-state index in [1.807, 2.05) is 72.4 Å². The minimum absolute atomic E-state index is 0.120. The first-order valence-electron chi connectivity index (χ1n) is 9.37. The fourth-order valence-electron chi connectivity index (χ4n) is 3.07. The van der Waals surface area contributed by atoms with Crippen LogP contribution < -0.4 is 5.32 Å². The molecule has 0 aliphatic rings. The van der Waals surface area contributed by atoms with Crippen LogP contribution in [-0.2, 0) is 18.4 Å². The SMILES string of the molecule is Cn1c(-c2ccccc2)cnc1SCC(=O)Nc1ccnn1Cc1ccccc1Cl. The van der Waals surface area contributed by atoms with E-state index in [9.17, 15) is 4.79 Å². The summed E-state index contributed by atoms with van der Waals surface area (Å²) in [5, 5.41) is 8.67. The number of halogens is 1. The highest BCUT2D eigenvalue weighted by molar-refractivity contribution is 7.99. The minimum atomic E-state index is -0.120. The molecular weight excluding hydrogens is 418 g/mol. The lowest BCUT2D eigenvalue weighted by atomic mass is 10.2. The van der Waals surface area contributed by atoms with Gasteiger partial charge in [0.1, 0.15) is 5.82 Å². The Balaban J connectivity index is 1.38. The lowest BCUT2D eigenvalue weighted by Crippen LogP contribution is -2.18. The van der Waals surface area contributed by atoms with E-state index in [0.717, 1.165) is 22.0 Å². The van der Waals surface area contributed by atoms with Crippen LogP contribution in [0.4, 0.5) is 5.82 Å². The van der Waals surface area contributed by atoms with Crippen molar-refractivity contribution in [1.82, 2.24) is 19.3 Å². The van der Waals surface area contributed by atoms with Crippen molar-refractivity contribution in [3.05, 3.63) is 83.6 Å². The maximum Gasteiger partial charge on any atom is 0.235 e. The summed E-state index contributed by atoms with van der Waals surface area (Å²) < 4.78 is 3.72. The molecule has 1 N–H and O–H groups in total. The second-order valence-electron chi connectivity index (χ2n) is 6.65. The van der Waals surface area contributed by atoms with E-state index >= 15 is 0 Å². The molecule has 4 rings (SSSR count). The van der Waals surface area contributed by atoms with Crippen LogP contribution in [0.15, 0.2) is 78.2 Å². The number of nitrogens with zero attached hydrogens (tertiary/aromatic N) is 4. The van der Waals surface area contributed by atoms with Crippen LogP contribution >= 0.6 is 23.4 Å². The predicted octanol–water partition coefficient (Wildman–Crippen LogP) is 4.72. The van der Waals surface area contributed by atoms with Gasteiger partial charge in [-0.1, -0.05) is 71.9 Å². The second-order valence-corrected chi connectivity index (χ2v) is 8.00. The molecule has 2 aromatic heterocycles. The molecule has 1 amide bonds. The summed E-state index contributed by atoms with van der Waals surface area (Å²) in [5.41, 5.74) is 3.04. The Labute approximate surface area is 183 Å². The van der Waals surface area contributed by atoms with Crippen LogP contribution in [0.3, 0.4) is 0 Å². The summed E-state index contributed by atoms with van der Waals surface area (Å²) in [6.45, 7) is 0.481. The summed E-state index contributed by atoms with van der Waals surface area (Å²) in [6, 6.07) is 19.4. The van der Waals surface area contributed by atoms with Crippen LogP contribution in [0.5, 0.6) is 0 Å². The van der Waals surface area contributed by atoms with Crippen molar-refractivity contribution < 1.29 is 4.79 Å². The Hall–Kier alpha value is -3.03. The number of carbonyl (C=O) groups excluding carboxylic acids is 1. The summed E-state index contributed by atoms with van der Waals surface area (Å²) in [4.78, 5) is 17.0. The molecule has 30 heavy (non-hydrogen) atoms. The number of anilines is 1. The van der Waals surface area contributed by atoms with Crippen molar-refractivity contribution in [2.24, 2.45) is 7.05 Å². The van der Waals surface area contributed by atoms with Crippen LogP contribution in [0.25, 0.3) is 11.3 Å². The predicted molar refractivity (Wildman–Crippen MR) is 121 cm³/mol. The monoisotopic (exact) mass is 437 g/mol. The third-order valence-electron chi connectivity index (χ3n) is 4.61. The van der Waals surface area contributed by atoms with Crippen molar-refractivity contribution in [2.75, 3.05) is 11.1 Å². The number of hydrogen-bond donors (Lipinski definition) is 1. The molecule has 0 aliphatic heterocycles. The number of amides is 1. The first-order valence-corrected chi connectivity index (χ1v) is 10.7. The van der Waals surface area contributed by atoms with Gasteiger partial charge in [0.25, 0.3) is 0 Å². The Kier molecular flexibility index (Phi) is 6.21. The van der Waals surface area contributed by atoms with Crippen LogP contribution in [0.2, 0.25) is 5.02 Å². The number of aromatic nitrogens is 4. The summed E-state index contributed by atoms with van der Waals surface area (Å²) in [5.74, 6) is 0.756. The van der Waals surface area contributed by atoms with Crippen LogP contribution in [0.1, 0.15) is 5.56 Å². The van der Waals surface area contributed by atoms with E-state index in [1.165, 1.54) is 11.8 Å². The number of rotatable bonds is 7. The zero-order chi connectivity index (χ0) is 20.9. The first-order chi connectivity index (χ1) is 14.6. The summed E-state index contributed by atoms with van der Waals surface area (Å²) in [7, 11) is 1.95. The number of imidazole rings is 1. The lowest BCUT2D eigenvalue weighted by molar-refractivity contribution is -0.113. The smallest absolute Gasteiger partial charge is 0.235 e. The van der Waals surface area contributed by atoms with E-state index < -0.39 is 0 Å². The summed E-state index contributed by atoms with van der Waals surface area (Å²) in [6.07, 6.45) is 3.48. The lowest BCUT2D eigenvalue weighted by Gasteiger charge is -2.10. The maximum atomic E-state index is 12.5. The van der Waals surface area contributed by atoms with E-state index in [-0.39, 0.29) is 11.7 Å². The Bertz CT molecular complexity index is 1160. The van der Waals surface area contributed by atoms with Crippen LogP contribution in [0, 0.1) is 0 Å². The van der Waals surface area contributed by atoms with Gasteiger partial charge in [0.05, 0.1) is 30.4 Å². The number of carbonyl (C=O) groups is 1. The molecule has 6 nitrogen and oxygen atoms in total. The standard InChI is InChI=1S/C22H20ClN5OS/c1-27-19(16-7-3-2-4-8-16)13-24-22(27)30-15-21(29)26-20-11-12-25-28(20)14-17-9-5-6-10-18(17)23/h2-13H,14-15H2,1H3,(H,26,29). The molecular formula is C22H20ClN5OS. The van der Waals surface area contributed by atoms with Gasteiger partial charge >= 0.3 is 0 Å². The number of hydrogen-bond acceptors (Lipinski definition) is 4. The summed E-state index contributed by atoms with van der Waals surface area (Å²) >= 11 is 7.63. The van der Waals surface area contributed by atoms with Crippen molar-refractivity contribution in [3.8, 4) is 11.3 Å². The van der Waals surface area contributed by atoms with Gasteiger partial charge in [0, 0.05) is 18.1 Å². The van der Waals surface area contributed by atoms with Gasteiger partial charge in [-0.2, -0.15) is 5.10 Å². The van der Waals surface area contributed by atoms with E-state index in [2.05, 4.69) is 15.4 Å². The van der Waals surface area contributed by atoms with Gasteiger partial charge in [0.15, 0.2) is 5.16 Å². The molecule has 0 aliphatic carbocycles. The quantitative estimate of drug-likeness (QED) is 0.425. The van der Waals surface area contributed by atoms with Crippen LogP contribution in [-0.4, -0.2) is 31.0 Å². The molecule has 0 saturated carbocycles. The molecule has 0 saturated heterocycles. The highest BCUT2D eigenvalue weighted by Crippen LogP contribution is 2.25. The van der Waals surface area contributed by atoms with E-state index in [1.54, 1.807) is 16.9 Å². The number of thioether (sulfide) groups is 1. The van der Waals surface area contributed by atoms with Crippen molar-refractivity contribution in [1.29, 1.82) is 0 Å². The molecule has 2 aromatic carbocycles. The highest BCUT2D eigenvalue weighted by atomic mass is 35.5. The van der Waals surface area contributed by atoms with Crippen molar-refractivity contribution >= 4 is 35.1 Å². The Morgan fingerprint density at radius 2 is 1.87 bits per heavy atom. The van der Waals surface area contributed by atoms with Gasteiger partial charge in [-0.15, -0.1) is 0 Å². The number of nitrogens with one attached hydrogen (secondary N) is 1. The van der Waals surface area contributed by atoms with Crippen molar-refractivity contribution in [2.45, 2.75) is 11.7 Å². The zero-order valence-corrected chi connectivity index (χ0v) is 17.9. The fourth-order valence-corrected chi connectivity index (χ4v) is 4.01. The molecule has 0 bridgehead atoms. The normalized spacial score (nSPS) is 10.9. The maximum absolute atomic E-state index is 12.5. The topological polar surface area (TPSA) is 64.7 Å². The molecule has 4 aromatic rings. The molecule has 2 heterocycles. The Morgan fingerprint density at radius 3 is 2.67 bits per heavy atom. The van der Waals surface area contributed by atoms with E-state index in [4.69, 9.17) is 11.6 Å². The molecule has 0 fully saturated rings. The third kappa shape index (κ3) is 4.58. The Morgan fingerprint density at radius 1 is 1.10 bits per heavy atom. The zero-order valence-electron chi connectivity index (χ0n) is 16.3. The fraction of sp³-hybridized carbons (Fsp3) is 0.136. The van der Waals surface area contributed by atoms with Gasteiger partial charge in [0.2, 0.25) is 5.91 Å². The van der Waals surface area contributed by atoms with E-state index in [0.29, 0.717) is 17.4 Å². The molecule has 152 valence electrons. The molecule has 0 unspecified atom stereocenters. The third-order valence-corrected chi connectivity index (χ3v) is 6.02. The molecule has 8 heteroatoms. The minimum Gasteiger partial charge on any atom is -0.322 e. The van der Waals surface area contributed by atoms with Crippen molar-refractivity contribution in [3.63, 3.8) is 0 Å².